The SMILES string of the molecule is CC(OC(=O)OCC(Cl)(Cl)Cl)C1[CH]NC1=O. The molecule has 0 aromatic carbocycles. The van der Waals surface area contributed by atoms with Crippen LogP contribution >= 0.6 is 34.8 Å². The Balaban J connectivity index is 2.26. The van der Waals surface area contributed by atoms with Crippen molar-refractivity contribution in [1.82, 2.24) is 5.32 Å². The molecule has 16 heavy (non-hydrogen) atoms. The maximum Gasteiger partial charge on any atom is 0.508 e. The van der Waals surface area contributed by atoms with Crippen LogP contribution < -0.4 is 5.32 Å². The van der Waals surface area contributed by atoms with Gasteiger partial charge in [0.25, 0.3) is 0 Å². The van der Waals surface area contributed by atoms with Crippen molar-refractivity contribution in [2.75, 3.05) is 6.61 Å². The van der Waals surface area contributed by atoms with Gasteiger partial charge in [0, 0.05) is 0 Å². The molecule has 1 aliphatic heterocycles. The minimum absolute atomic E-state index is 0.207. The molecule has 5 nitrogen and oxygen atoms in total. The summed E-state index contributed by atoms with van der Waals surface area (Å²) >= 11 is 16.1. The zero-order valence-electron chi connectivity index (χ0n) is 8.21. The number of hydrogen-bond acceptors (Lipinski definition) is 4. The van der Waals surface area contributed by atoms with E-state index in [1.54, 1.807) is 6.92 Å². The summed E-state index contributed by atoms with van der Waals surface area (Å²) in [6.45, 7) is 2.68. The molecule has 1 amide bonds. The van der Waals surface area contributed by atoms with Gasteiger partial charge in [-0.05, 0) is 6.92 Å². The number of hydrogen-bond donors (Lipinski definition) is 1. The predicted molar refractivity (Wildman–Crippen MR) is 58.1 cm³/mol. The number of ether oxygens (including phenoxy) is 2. The molecule has 1 radical (unpaired) electrons. The molecule has 1 fully saturated rings. The molecule has 0 saturated carbocycles. The highest BCUT2D eigenvalue weighted by atomic mass is 35.6. The molecule has 1 rings (SSSR count). The van der Waals surface area contributed by atoms with Crippen molar-refractivity contribution in [3.8, 4) is 0 Å². The monoisotopic (exact) mass is 288 g/mol. The number of carbonyl (C=O) groups excluding carboxylic acids is 2. The molecule has 91 valence electrons. The Hall–Kier alpha value is -0.390. The normalized spacial score (nSPS) is 21.8. The largest absolute Gasteiger partial charge is 0.508 e. The van der Waals surface area contributed by atoms with Gasteiger partial charge in [-0.15, -0.1) is 0 Å². The fraction of sp³-hybridized carbons (Fsp3) is 0.625. The van der Waals surface area contributed by atoms with E-state index in [9.17, 15) is 9.59 Å². The molecular weight excluding hydrogens is 280 g/mol. The van der Waals surface area contributed by atoms with E-state index in [0.717, 1.165) is 0 Å². The van der Waals surface area contributed by atoms with Crippen molar-refractivity contribution in [2.24, 2.45) is 5.92 Å². The van der Waals surface area contributed by atoms with E-state index in [2.05, 4.69) is 10.1 Å². The van der Waals surface area contributed by atoms with Crippen LogP contribution in [0.15, 0.2) is 0 Å². The van der Waals surface area contributed by atoms with Crippen LogP contribution in [0.3, 0.4) is 0 Å². The highest BCUT2D eigenvalue weighted by Crippen LogP contribution is 2.26. The summed E-state index contributed by atoms with van der Waals surface area (Å²) in [5.41, 5.74) is 0. The van der Waals surface area contributed by atoms with Crippen LogP contribution in [0, 0.1) is 12.5 Å². The molecule has 2 unspecified atom stereocenters. The van der Waals surface area contributed by atoms with Crippen LogP contribution in [0.5, 0.6) is 0 Å². The van der Waals surface area contributed by atoms with Crippen molar-refractivity contribution in [3.05, 3.63) is 6.54 Å². The van der Waals surface area contributed by atoms with E-state index < -0.39 is 28.6 Å². The molecule has 1 N–H and O–H groups in total. The number of carbonyl (C=O) groups is 2. The lowest BCUT2D eigenvalue weighted by atomic mass is 9.96. The standard InChI is InChI=1S/C8H9Cl3NO4/c1-4(5-2-12-6(5)13)16-7(14)15-3-8(9,10)11/h2,4-5H,3H2,1H3,(H,12,13). The maximum absolute atomic E-state index is 11.1. The lowest BCUT2D eigenvalue weighted by molar-refractivity contribution is -0.133. The van der Waals surface area contributed by atoms with E-state index in [1.807, 2.05) is 0 Å². The second kappa shape index (κ2) is 5.29. The molecule has 0 bridgehead atoms. The molecule has 1 saturated heterocycles. The summed E-state index contributed by atoms with van der Waals surface area (Å²) in [7, 11) is 0. The van der Waals surface area contributed by atoms with Gasteiger partial charge in [-0.1, -0.05) is 34.8 Å². The summed E-state index contributed by atoms with van der Waals surface area (Å²) in [5.74, 6) is -0.665. The number of alkyl halides is 3. The van der Waals surface area contributed by atoms with E-state index >= 15 is 0 Å². The van der Waals surface area contributed by atoms with Gasteiger partial charge in [-0.25, -0.2) is 4.79 Å². The van der Waals surface area contributed by atoms with Gasteiger partial charge in [0.05, 0.1) is 12.5 Å². The van der Waals surface area contributed by atoms with Gasteiger partial charge in [0.15, 0.2) is 0 Å². The van der Waals surface area contributed by atoms with Crippen LogP contribution in [-0.2, 0) is 14.3 Å². The molecule has 1 aliphatic rings. The van der Waals surface area contributed by atoms with Crippen molar-refractivity contribution in [3.63, 3.8) is 0 Å². The topological polar surface area (TPSA) is 64.6 Å². The highest BCUT2D eigenvalue weighted by Gasteiger charge is 2.36. The van der Waals surface area contributed by atoms with Crippen LogP contribution in [0.25, 0.3) is 0 Å². The van der Waals surface area contributed by atoms with Crippen LogP contribution in [0.4, 0.5) is 4.79 Å². The molecule has 0 aromatic rings. The molecule has 8 heteroatoms. The Kier molecular flexibility index (Phi) is 4.52. The summed E-state index contributed by atoms with van der Waals surface area (Å²) in [6.07, 6.45) is -1.59. The third-order valence-corrected chi connectivity index (χ3v) is 2.18. The number of rotatable bonds is 3. The van der Waals surface area contributed by atoms with Gasteiger partial charge >= 0.3 is 6.16 Å². The van der Waals surface area contributed by atoms with Crippen molar-refractivity contribution >= 4 is 46.9 Å². The summed E-state index contributed by atoms with van der Waals surface area (Å²) in [6, 6.07) is 0. The van der Waals surface area contributed by atoms with Gasteiger partial charge in [-0.3, -0.25) is 4.79 Å². The molecular formula is C8H9Cl3NO4. The van der Waals surface area contributed by atoms with Crippen LogP contribution in [0.1, 0.15) is 6.92 Å². The Morgan fingerprint density at radius 2 is 2.25 bits per heavy atom. The number of nitrogens with one attached hydrogen (secondary N) is 1. The second-order valence-electron chi connectivity index (χ2n) is 3.18. The average Bonchev–Trinajstić information content (AvgIpc) is 2.11. The fourth-order valence-corrected chi connectivity index (χ4v) is 1.16. The second-order valence-corrected chi connectivity index (χ2v) is 5.69. The third kappa shape index (κ3) is 4.23. The van der Waals surface area contributed by atoms with Crippen molar-refractivity contribution < 1.29 is 19.1 Å². The quantitative estimate of drug-likeness (QED) is 0.489. The van der Waals surface area contributed by atoms with Gasteiger partial charge in [0.1, 0.15) is 12.7 Å². The van der Waals surface area contributed by atoms with Crippen molar-refractivity contribution in [1.29, 1.82) is 0 Å². The summed E-state index contributed by atoms with van der Waals surface area (Å²) < 4.78 is 7.64. The molecule has 0 aliphatic carbocycles. The Morgan fingerprint density at radius 3 is 2.62 bits per heavy atom. The first-order valence-corrected chi connectivity index (χ1v) is 5.47. The first kappa shape index (κ1) is 13.7. The molecule has 1 heterocycles. The zero-order valence-corrected chi connectivity index (χ0v) is 10.5. The van der Waals surface area contributed by atoms with Gasteiger partial charge in [0.2, 0.25) is 9.70 Å². The summed E-state index contributed by atoms with van der Waals surface area (Å²) in [4.78, 5) is 22.0. The van der Waals surface area contributed by atoms with E-state index in [0.29, 0.717) is 0 Å². The predicted octanol–water partition coefficient (Wildman–Crippen LogP) is 1.81. The lowest BCUT2D eigenvalue weighted by Crippen LogP contribution is -2.50. The first-order valence-electron chi connectivity index (χ1n) is 4.33. The number of halogens is 3. The minimum atomic E-state index is -1.68. The zero-order chi connectivity index (χ0) is 12.3. The van der Waals surface area contributed by atoms with Gasteiger partial charge in [-0.2, -0.15) is 0 Å². The van der Waals surface area contributed by atoms with E-state index in [-0.39, 0.29) is 5.91 Å². The van der Waals surface area contributed by atoms with Crippen LogP contribution in [0.2, 0.25) is 0 Å². The van der Waals surface area contributed by atoms with Crippen molar-refractivity contribution in [2.45, 2.75) is 16.8 Å². The van der Waals surface area contributed by atoms with E-state index in [1.165, 1.54) is 6.54 Å². The average molecular weight is 290 g/mol. The Labute approximate surface area is 107 Å². The Bertz CT molecular complexity index is 291. The molecule has 0 aromatic heterocycles. The molecule has 0 spiro atoms. The number of amides is 1. The smallest absolute Gasteiger partial charge is 0.430 e. The lowest BCUT2D eigenvalue weighted by Gasteiger charge is -2.29. The third-order valence-electron chi connectivity index (χ3n) is 1.85. The first-order chi connectivity index (χ1) is 7.29. The van der Waals surface area contributed by atoms with E-state index in [4.69, 9.17) is 39.5 Å². The molecule has 2 atom stereocenters. The minimum Gasteiger partial charge on any atom is -0.430 e. The maximum atomic E-state index is 11.1. The number of β-lactam (4-membered cyclic amide) rings is 1. The Morgan fingerprint density at radius 1 is 1.62 bits per heavy atom. The van der Waals surface area contributed by atoms with Gasteiger partial charge < -0.3 is 14.8 Å². The highest BCUT2D eigenvalue weighted by molar-refractivity contribution is 6.67. The summed E-state index contributed by atoms with van der Waals surface area (Å²) in [5, 5.41) is 2.41. The van der Waals surface area contributed by atoms with Crippen LogP contribution in [-0.4, -0.2) is 28.6 Å². The fourth-order valence-electron chi connectivity index (χ4n) is 0.996.